The molecule has 0 spiro atoms. The number of aliphatic hydroxyl groups is 2. The Kier molecular flexibility index (Phi) is 6.77. The van der Waals surface area contributed by atoms with Crippen LogP contribution in [0.4, 0.5) is 0 Å². The van der Waals surface area contributed by atoms with Crippen LogP contribution in [0.3, 0.4) is 0 Å². The highest BCUT2D eigenvalue weighted by Gasteiger charge is 2.48. The van der Waals surface area contributed by atoms with Crippen LogP contribution in [-0.2, 0) is 4.74 Å². The Balaban J connectivity index is 1.53. The summed E-state index contributed by atoms with van der Waals surface area (Å²) in [5.74, 6) is -0.796. The quantitative estimate of drug-likeness (QED) is 0.548. The van der Waals surface area contributed by atoms with E-state index in [-0.39, 0.29) is 30.6 Å². The summed E-state index contributed by atoms with van der Waals surface area (Å²) in [6, 6.07) is 13.0. The van der Waals surface area contributed by atoms with E-state index in [1.165, 1.54) is 18.2 Å². The van der Waals surface area contributed by atoms with E-state index in [9.17, 15) is 19.8 Å². The topological polar surface area (TPSA) is 108 Å². The highest BCUT2D eigenvalue weighted by molar-refractivity contribution is 6.42. The number of rotatable bonds is 6. The van der Waals surface area contributed by atoms with Crippen molar-refractivity contribution in [3.63, 3.8) is 0 Å². The Morgan fingerprint density at radius 1 is 1.03 bits per heavy atom. The lowest BCUT2D eigenvalue weighted by Crippen LogP contribution is -2.53. The van der Waals surface area contributed by atoms with E-state index < -0.39 is 23.7 Å². The standard InChI is InChI=1S/C20H20Cl2N2O5/c21-14-7-6-13(8-15(14)22)19(27)23-9-16-17(25)20(28,11-29-16)10-24-18(26)12-4-2-1-3-5-12/h1-8,16-17,25,28H,9-11H2,(H,23,27)(H,24,26)/t16-,17-,20+/m1/s1. The van der Waals surface area contributed by atoms with Crippen LogP contribution < -0.4 is 10.6 Å². The minimum absolute atomic E-state index is 0.0326. The van der Waals surface area contributed by atoms with Gasteiger partial charge in [0.2, 0.25) is 0 Å². The van der Waals surface area contributed by atoms with Gasteiger partial charge in [0.05, 0.1) is 23.2 Å². The van der Waals surface area contributed by atoms with Crippen molar-refractivity contribution in [2.45, 2.75) is 17.8 Å². The zero-order valence-corrected chi connectivity index (χ0v) is 16.8. The molecular weight excluding hydrogens is 419 g/mol. The molecule has 29 heavy (non-hydrogen) atoms. The number of carbonyl (C=O) groups is 2. The number of ether oxygens (including phenoxy) is 1. The van der Waals surface area contributed by atoms with Gasteiger partial charge in [-0.2, -0.15) is 0 Å². The van der Waals surface area contributed by atoms with E-state index in [1.807, 2.05) is 0 Å². The molecule has 0 aliphatic carbocycles. The van der Waals surface area contributed by atoms with Crippen molar-refractivity contribution in [3.8, 4) is 0 Å². The Labute approximate surface area is 177 Å². The second-order valence-corrected chi connectivity index (χ2v) is 7.60. The van der Waals surface area contributed by atoms with Crippen LogP contribution >= 0.6 is 23.2 Å². The van der Waals surface area contributed by atoms with Crippen LogP contribution in [0.25, 0.3) is 0 Å². The van der Waals surface area contributed by atoms with E-state index in [0.29, 0.717) is 16.1 Å². The van der Waals surface area contributed by atoms with E-state index in [2.05, 4.69) is 10.6 Å². The summed E-state index contributed by atoms with van der Waals surface area (Å²) in [6.07, 6.45) is -2.13. The lowest BCUT2D eigenvalue weighted by molar-refractivity contribution is -0.0464. The first-order valence-electron chi connectivity index (χ1n) is 8.89. The van der Waals surface area contributed by atoms with Crippen molar-refractivity contribution in [2.24, 2.45) is 0 Å². The van der Waals surface area contributed by atoms with Crippen LogP contribution in [0.15, 0.2) is 48.5 Å². The molecule has 1 aliphatic rings. The minimum Gasteiger partial charge on any atom is -0.387 e. The number of halogens is 2. The average molecular weight is 439 g/mol. The molecular formula is C20H20Cl2N2O5. The number of nitrogens with one attached hydrogen (secondary N) is 2. The van der Waals surface area contributed by atoms with Crippen molar-refractivity contribution in [3.05, 3.63) is 69.7 Å². The molecule has 0 aromatic heterocycles. The van der Waals surface area contributed by atoms with Crippen molar-refractivity contribution in [2.75, 3.05) is 19.7 Å². The van der Waals surface area contributed by atoms with Crippen LogP contribution in [-0.4, -0.2) is 59.5 Å². The van der Waals surface area contributed by atoms with Gasteiger partial charge in [-0.05, 0) is 30.3 Å². The smallest absolute Gasteiger partial charge is 0.251 e. The molecule has 2 aromatic rings. The summed E-state index contributed by atoms with van der Waals surface area (Å²) in [5.41, 5.74) is -0.920. The number of aliphatic hydroxyl groups excluding tert-OH is 1. The van der Waals surface area contributed by atoms with Crippen LogP contribution in [0, 0.1) is 0 Å². The lowest BCUT2D eigenvalue weighted by Gasteiger charge is -2.26. The summed E-state index contributed by atoms with van der Waals surface area (Å²) in [6.45, 7) is -0.412. The van der Waals surface area contributed by atoms with Gasteiger partial charge in [-0.15, -0.1) is 0 Å². The van der Waals surface area contributed by atoms with Crippen molar-refractivity contribution < 1.29 is 24.5 Å². The largest absolute Gasteiger partial charge is 0.387 e. The maximum atomic E-state index is 12.2. The fraction of sp³-hybridized carbons (Fsp3) is 0.300. The summed E-state index contributed by atoms with van der Waals surface area (Å²) < 4.78 is 5.43. The number of hydrogen-bond acceptors (Lipinski definition) is 5. The Hall–Kier alpha value is -2.16. The van der Waals surface area contributed by atoms with Crippen LogP contribution in [0.5, 0.6) is 0 Å². The average Bonchev–Trinajstić information content (AvgIpc) is 3.01. The third-order valence-electron chi connectivity index (χ3n) is 4.69. The van der Waals surface area contributed by atoms with Crippen LogP contribution in [0.2, 0.25) is 10.0 Å². The molecule has 3 atom stereocenters. The van der Waals surface area contributed by atoms with Gasteiger partial charge < -0.3 is 25.6 Å². The summed E-state index contributed by atoms with van der Waals surface area (Å²) >= 11 is 11.7. The Bertz CT molecular complexity index is 896. The van der Waals surface area contributed by atoms with Gasteiger partial charge in [0, 0.05) is 17.7 Å². The van der Waals surface area contributed by atoms with Gasteiger partial charge in [0.25, 0.3) is 11.8 Å². The van der Waals surface area contributed by atoms with E-state index >= 15 is 0 Å². The molecule has 1 aliphatic heterocycles. The molecule has 7 nitrogen and oxygen atoms in total. The molecule has 1 saturated heterocycles. The lowest BCUT2D eigenvalue weighted by atomic mass is 9.96. The monoisotopic (exact) mass is 438 g/mol. The fourth-order valence-corrected chi connectivity index (χ4v) is 3.26. The SMILES string of the molecule is O=C(NC[C@H]1OC[C@@](O)(CNC(=O)c2ccccc2)[C@@H]1O)c1ccc(Cl)c(Cl)c1. The number of hydrogen-bond donors (Lipinski definition) is 4. The van der Waals surface area contributed by atoms with Crippen molar-refractivity contribution >= 4 is 35.0 Å². The fourth-order valence-electron chi connectivity index (χ4n) is 2.96. The van der Waals surface area contributed by atoms with E-state index in [0.717, 1.165) is 0 Å². The molecule has 3 rings (SSSR count). The zero-order chi connectivity index (χ0) is 21.0. The van der Waals surface area contributed by atoms with Gasteiger partial charge in [-0.25, -0.2) is 0 Å². The molecule has 1 heterocycles. The minimum atomic E-state index is -1.66. The summed E-state index contributed by atoms with van der Waals surface area (Å²) in [5, 5.41) is 26.9. The molecule has 0 bridgehead atoms. The molecule has 2 aromatic carbocycles. The molecule has 0 unspecified atom stereocenters. The highest BCUT2D eigenvalue weighted by atomic mass is 35.5. The Morgan fingerprint density at radius 2 is 1.72 bits per heavy atom. The number of amides is 2. The molecule has 0 saturated carbocycles. The van der Waals surface area contributed by atoms with Crippen molar-refractivity contribution in [1.29, 1.82) is 0 Å². The van der Waals surface area contributed by atoms with Gasteiger partial charge >= 0.3 is 0 Å². The number of carbonyl (C=O) groups excluding carboxylic acids is 2. The van der Waals surface area contributed by atoms with E-state index in [1.54, 1.807) is 30.3 Å². The van der Waals surface area contributed by atoms with Gasteiger partial charge in [-0.3, -0.25) is 9.59 Å². The van der Waals surface area contributed by atoms with Gasteiger partial charge in [-0.1, -0.05) is 41.4 Å². The second kappa shape index (κ2) is 9.11. The molecule has 9 heteroatoms. The third-order valence-corrected chi connectivity index (χ3v) is 5.43. The first kappa shape index (κ1) is 21.5. The summed E-state index contributed by atoms with van der Waals surface area (Å²) in [4.78, 5) is 24.4. The second-order valence-electron chi connectivity index (χ2n) is 6.79. The molecule has 154 valence electrons. The molecule has 2 amide bonds. The predicted octanol–water partition coefficient (Wildman–Crippen LogP) is 1.64. The van der Waals surface area contributed by atoms with Crippen LogP contribution in [0.1, 0.15) is 20.7 Å². The first-order valence-corrected chi connectivity index (χ1v) is 9.64. The normalized spacial score (nSPS) is 23.6. The van der Waals surface area contributed by atoms with E-state index in [4.69, 9.17) is 27.9 Å². The molecule has 4 N–H and O–H groups in total. The molecule has 1 fully saturated rings. The summed E-state index contributed by atoms with van der Waals surface area (Å²) in [7, 11) is 0. The number of benzene rings is 2. The molecule has 0 radical (unpaired) electrons. The maximum absolute atomic E-state index is 12.2. The maximum Gasteiger partial charge on any atom is 0.251 e. The van der Waals surface area contributed by atoms with Gasteiger partial charge in [0.1, 0.15) is 17.8 Å². The van der Waals surface area contributed by atoms with Gasteiger partial charge in [0.15, 0.2) is 0 Å². The predicted molar refractivity (Wildman–Crippen MR) is 108 cm³/mol. The Morgan fingerprint density at radius 3 is 2.41 bits per heavy atom. The van der Waals surface area contributed by atoms with Crippen molar-refractivity contribution in [1.82, 2.24) is 10.6 Å². The first-order chi connectivity index (χ1) is 13.8. The zero-order valence-electron chi connectivity index (χ0n) is 15.3. The highest BCUT2D eigenvalue weighted by Crippen LogP contribution is 2.25. The third kappa shape index (κ3) is 5.07.